The number of ether oxygens (including phenoxy) is 3. The van der Waals surface area contributed by atoms with Gasteiger partial charge in [-0.1, -0.05) is 0 Å². The maximum atomic E-state index is 12.7. The molecule has 2 heterocycles. The lowest BCUT2D eigenvalue weighted by Gasteiger charge is -2.31. The smallest absolute Gasteiger partial charge is 0.310 e. The fourth-order valence-corrected chi connectivity index (χ4v) is 3.75. The van der Waals surface area contributed by atoms with Gasteiger partial charge in [-0.25, -0.2) is 4.98 Å². The molecule has 1 aromatic heterocycles. The minimum atomic E-state index is -0.255. The normalized spacial score (nSPS) is 16.5. The first kappa shape index (κ1) is 20.1. The van der Waals surface area contributed by atoms with Crippen molar-refractivity contribution in [3.8, 4) is 11.5 Å². The van der Waals surface area contributed by atoms with Crippen LogP contribution in [0.5, 0.6) is 11.5 Å². The number of carbonyl (C=O) groups excluding carboxylic acids is 2. The van der Waals surface area contributed by atoms with E-state index >= 15 is 0 Å². The number of methoxy groups -OCH3 is 1. The molecule has 28 heavy (non-hydrogen) atoms. The molecule has 1 fully saturated rings. The molecule has 0 spiro atoms. The molecule has 0 bridgehead atoms. The average Bonchev–Trinajstić information content (AvgIpc) is 3.21. The number of hydrogen-bond donors (Lipinski definition) is 0. The highest BCUT2D eigenvalue weighted by Gasteiger charge is 2.30. The van der Waals surface area contributed by atoms with E-state index in [1.54, 1.807) is 24.3 Å². The van der Waals surface area contributed by atoms with Crippen molar-refractivity contribution in [1.82, 2.24) is 9.88 Å². The molecule has 0 unspecified atom stereocenters. The molecule has 0 N–H and O–H groups in total. The number of thiazole rings is 1. The lowest BCUT2D eigenvalue weighted by Crippen LogP contribution is -2.43. The van der Waals surface area contributed by atoms with E-state index in [1.165, 1.54) is 11.3 Å². The fraction of sp³-hybridized carbons (Fsp3) is 0.450. The van der Waals surface area contributed by atoms with Gasteiger partial charge >= 0.3 is 5.97 Å². The Morgan fingerprint density at radius 2 is 2.00 bits per heavy atom. The zero-order valence-corrected chi connectivity index (χ0v) is 16.9. The molecule has 1 atom stereocenters. The molecule has 0 aliphatic carbocycles. The van der Waals surface area contributed by atoms with E-state index in [0.717, 1.165) is 23.6 Å². The van der Waals surface area contributed by atoms with E-state index in [9.17, 15) is 9.59 Å². The molecule has 8 heteroatoms. The van der Waals surface area contributed by atoms with Crippen LogP contribution in [0, 0.1) is 5.92 Å². The predicted molar refractivity (Wildman–Crippen MR) is 105 cm³/mol. The predicted octanol–water partition coefficient (Wildman–Crippen LogP) is 3.15. The first-order valence-corrected chi connectivity index (χ1v) is 10.2. The van der Waals surface area contributed by atoms with Crippen molar-refractivity contribution < 1.29 is 23.8 Å². The Balaban J connectivity index is 1.56. The molecule has 1 amide bonds. The van der Waals surface area contributed by atoms with Crippen LogP contribution in [0.3, 0.4) is 0 Å². The van der Waals surface area contributed by atoms with Crippen LogP contribution >= 0.6 is 11.3 Å². The zero-order valence-electron chi connectivity index (χ0n) is 16.1. The second-order valence-electron chi connectivity index (χ2n) is 6.43. The number of piperidine rings is 1. The Morgan fingerprint density at radius 1 is 1.25 bits per heavy atom. The molecule has 1 aromatic carbocycles. The molecule has 7 nitrogen and oxygen atoms in total. The Labute approximate surface area is 168 Å². The van der Waals surface area contributed by atoms with E-state index in [0.29, 0.717) is 31.1 Å². The van der Waals surface area contributed by atoms with Gasteiger partial charge in [-0.05, 0) is 44.0 Å². The molecule has 0 radical (unpaired) electrons. The summed E-state index contributed by atoms with van der Waals surface area (Å²) in [4.78, 5) is 30.8. The molecule has 2 aromatic rings. The first-order chi connectivity index (χ1) is 13.6. The highest BCUT2D eigenvalue weighted by molar-refractivity contribution is 7.09. The SMILES string of the molecule is CCOC(=O)[C@H]1CCCN(C(=O)c2csc(COc3ccc(OC)cc3)n2)C1. The number of nitrogens with zero attached hydrogens (tertiary/aromatic N) is 2. The van der Waals surface area contributed by atoms with Crippen LogP contribution in [0.25, 0.3) is 0 Å². The van der Waals surface area contributed by atoms with Crippen molar-refractivity contribution in [2.45, 2.75) is 26.4 Å². The second-order valence-corrected chi connectivity index (χ2v) is 7.38. The molecule has 0 saturated carbocycles. The summed E-state index contributed by atoms with van der Waals surface area (Å²) in [6, 6.07) is 7.29. The monoisotopic (exact) mass is 404 g/mol. The lowest BCUT2D eigenvalue weighted by molar-refractivity contribution is -0.149. The van der Waals surface area contributed by atoms with Crippen LogP contribution in [0.1, 0.15) is 35.3 Å². The van der Waals surface area contributed by atoms with Crippen LogP contribution in [0.2, 0.25) is 0 Å². The number of aromatic nitrogens is 1. The average molecular weight is 404 g/mol. The number of hydrogen-bond acceptors (Lipinski definition) is 7. The third-order valence-electron chi connectivity index (χ3n) is 4.52. The van der Waals surface area contributed by atoms with Gasteiger partial charge in [0.05, 0.1) is 19.6 Å². The topological polar surface area (TPSA) is 78.0 Å². The van der Waals surface area contributed by atoms with E-state index in [4.69, 9.17) is 14.2 Å². The maximum Gasteiger partial charge on any atom is 0.310 e. The molecular formula is C20H24N2O5S. The van der Waals surface area contributed by atoms with Crippen LogP contribution in [-0.2, 0) is 16.1 Å². The van der Waals surface area contributed by atoms with Crippen molar-refractivity contribution in [2.75, 3.05) is 26.8 Å². The molecule has 150 valence electrons. The number of benzene rings is 1. The Morgan fingerprint density at radius 3 is 2.71 bits per heavy atom. The Kier molecular flexibility index (Phi) is 6.86. The number of amides is 1. The van der Waals surface area contributed by atoms with Gasteiger partial charge in [-0.2, -0.15) is 0 Å². The first-order valence-electron chi connectivity index (χ1n) is 9.28. The van der Waals surface area contributed by atoms with Gasteiger partial charge < -0.3 is 19.1 Å². The van der Waals surface area contributed by atoms with Crippen molar-refractivity contribution in [2.24, 2.45) is 5.92 Å². The van der Waals surface area contributed by atoms with Gasteiger partial charge in [0, 0.05) is 18.5 Å². The minimum Gasteiger partial charge on any atom is -0.497 e. The van der Waals surface area contributed by atoms with Crippen LogP contribution in [0.4, 0.5) is 0 Å². The van der Waals surface area contributed by atoms with Gasteiger partial charge in [0.1, 0.15) is 28.8 Å². The van der Waals surface area contributed by atoms with Crippen molar-refractivity contribution in [1.29, 1.82) is 0 Å². The van der Waals surface area contributed by atoms with Gasteiger partial charge in [-0.3, -0.25) is 9.59 Å². The summed E-state index contributed by atoms with van der Waals surface area (Å²) in [7, 11) is 1.61. The largest absolute Gasteiger partial charge is 0.497 e. The molecule has 1 saturated heterocycles. The fourth-order valence-electron chi connectivity index (χ4n) is 3.07. The van der Waals surface area contributed by atoms with E-state index in [2.05, 4.69) is 4.98 Å². The van der Waals surface area contributed by atoms with Crippen molar-refractivity contribution in [3.05, 3.63) is 40.3 Å². The van der Waals surface area contributed by atoms with E-state index in [1.807, 2.05) is 24.3 Å². The minimum absolute atomic E-state index is 0.152. The summed E-state index contributed by atoms with van der Waals surface area (Å²) in [5.74, 6) is 0.830. The quantitative estimate of drug-likeness (QED) is 0.660. The summed E-state index contributed by atoms with van der Waals surface area (Å²) in [6.07, 6.45) is 1.54. The number of esters is 1. The summed E-state index contributed by atoms with van der Waals surface area (Å²) in [6.45, 7) is 3.44. The van der Waals surface area contributed by atoms with Crippen LogP contribution in [0.15, 0.2) is 29.6 Å². The molecule has 1 aliphatic heterocycles. The zero-order chi connectivity index (χ0) is 19.9. The summed E-state index contributed by atoms with van der Waals surface area (Å²) >= 11 is 1.38. The lowest BCUT2D eigenvalue weighted by atomic mass is 9.98. The number of carbonyl (C=O) groups is 2. The van der Waals surface area contributed by atoms with Gasteiger partial charge in [-0.15, -0.1) is 11.3 Å². The highest BCUT2D eigenvalue weighted by atomic mass is 32.1. The number of likely N-dealkylation sites (tertiary alicyclic amines) is 1. The molecule has 1 aliphatic rings. The van der Waals surface area contributed by atoms with E-state index in [-0.39, 0.29) is 24.4 Å². The Hall–Kier alpha value is -2.61. The molecular weight excluding hydrogens is 380 g/mol. The van der Waals surface area contributed by atoms with E-state index < -0.39 is 0 Å². The van der Waals surface area contributed by atoms with Crippen LogP contribution in [-0.4, -0.2) is 48.6 Å². The van der Waals surface area contributed by atoms with Crippen molar-refractivity contribution in [3.63, 3.8) is 0 Å². The number of rotatable bonds is 7. The van der Waals surface area contributed by atoms with Gasteiger partial charge in [0.15, 0.2) is 0 Å². The van der Waals surface area contributed by atoms with Crippen LogP contribution < -0.4 is 9.47 Å². The summed E-state index contributed by atoms with van der Waals surface area (Å²) < 4.78 is 15.9. The third kappa shape index (κ3) is 5.01. The third-order valence-corrected chi connectivity index (χ3v) is 5.34. The molecule has 3 rings (SSSR count). The van der Waals surface area contributed by atoms with Gasteiger partial charge in [0.25, 0.3) is 5.91 Å². The maximum absolute atomic E-state index is 12.7. The Bertz CT molecular complexity index is 805. The summed E-state index contributed by atoms with van der Waals surface area (Å²) in [5.41, 5.74) is 0.392. The van der Waals surface area contributed by atoms with Crippen molar-refractivity contribution >= 4 is 23.2 Å². The standard InChI is InChI=1S/C20H24N2O5S/c1-3-26-20(24)14-5-4-10-22(11-14)19(23)17-13-28-18(21-17)12-27-16-8-6-15(25-2)7-9-16/h6-9,13-14H,3-5,10-12H2,1-2H3/t14-/m0/s1. The summed E-state index contributed by atoms with van der Waals surface area (Å²) in [5, 5.41) is 2.46. The van der Waals surface area contributed by atoms with Gasteiger partial charge in [0.2, 0.25) is 0 Å². The highest BCUT2D eigenvalue weighted by Crippen LogP contribution is 2.22. The second kappa shape index (κ2) is 9.54.